The summed E-state index contributed by atoms with van der Waals surface area (Å²) in [6.45, 7) is 3.32. The maximum absolute atomic E-state index is 12.4. The number of hydrogen-bond donors (Lipinski definition) is 1. The van der Waals surface area contributed by atoms with Gasteiger partial charge in [0.25, 0.3) is 5.69 Å². The van der Waals surface area contributed by atoms with Crippen LogP contribution in [0.15, 0.2) is 57.4 Å². The van der Waals surface area contributed by atoms with Crippen molar-refractivity contribution in [2.24, 2.45) is 0 Å². The first-order valence-corrected chi connectivity index (χ1v) is 10.9. The van der Waals surface area contributed by atoms with Crippen LogP contribution in [0.25, 0.3) is 5.69 Å². The maximum Gasteiger partial charge on any atom is 0.284 e. The molecule has 0 aliphatic carbocycles. The third-order valence-corrected chi connectivity index (χ3v) is 6.44. The minimum atomic E-state index is -3.88. The number of tetrazole rings is 1. The standard InChI is InChI=1S/C17H18N6O5S2/c1-11(2)19-30(26,27)12-8-9-16(14(10-12)23(24)25)29-17-18-20-21-22(17)13-6-4-5-7-15(13)28-3/h4-11,19H,1-3H3. The van der Waals surface area contributed by atoms with Crippen molar-refractivity contribution in [1.29, 1.82) is 0 Å². The van der Waals surface area contributed by atoms with E-state index in [-0.39, 0.29) is 26.7 Å². The quantitative estimate of drug-likeness (QED) is 0.404. The molecule has 30 heavy (non-hydrogen) atoms. The van der Waals surface area contributed by atoms with Crippen LogP contribution in [0, 0.1) is 10.1 Å². The fourth-order valence-electron chi connectivity index (χ4n) is 2.57. The second-order valence-electron chi connectivity index (χ2n) is 6.31. The molecule has 3 rings (SSSR count). The van der Waals surface area contributed by atoms with Crippen molar-refractivity contribution in [3.63, 3.8) is 0 Å². The van der Waals surface area contributed by atoms with Crippen molar-refractivity contribution in [2.75, 3.05) is 7.11 Å². The predicted octanol–water partition coefficient (Wildman–Crippen LogP) is 2.42. The topological polar surface area (TPSA) is 142 Å². The van der Waals surface area contributed by atoms with Gasteiger partial charge in [-0.3, -0.25) is 10.1 Å². The smallest absolute Gasteiger partial charge is 0.284 e. The molecule has 0 fully saturated rings. The molecule has 0 aliphatic heterocycles. The monoisotopic (exact) mass is 450 g/mol. The van der Waals surface area contributed by atoms with Crippen LogP contribution in [-0.2, 0) is 10.0 Å². The fourth-order valence-corrected chi connectivity index (χ4v) is 4.71. The molecule has 3 aromatic rings. The molecule has 158 valence electrons. The highest BCUT2D eigenvalue weighted by atomic mass is 32.2. The van der Waals surface area contributed by atoms with E-state index < -0.39 is 14.9 Å². The minimum absolute atomic E-state index is 0.189. The van der Waals surface area contributed by atoms with E-state index in [0.29, 0.717) is 11.4 Å². The maximum atomic E-state index is 12.4. The fraction of sp³-hybridized carbons (Fsp3) is 0.235. The number of methoxy groups -OCH3 is 1. The number of ether oxygens (including phenoxy) is 1. The van der Waals surface area contributed by atoms with E-state index in [1.807, 2.05) is 0 Å². The van der Waals surface area contributed by atoms with Crippen LogP contribution in [0.5, 0.6) is 5.75 Å². The lowest BCUT2D eigenvalue weighted by atomic mass is 10.3. The molecule has 0 spiro atoms. The average Bonchev–Trinajstić information content (AvgIpc) is 3.14. The summed E-state index contributed by atoms with van der Waals surface area (Å²) in [5, 5.41) is 23.4. The zero-order valence-corrected chi connectivity index (χ0v) is 17.8. The number of rotatable bonds is 8. The van der Waals surface area contributed by atoms with Crippen LogP contribution in [0.2, 0.25) is 0 Å². The molecule has 1 N–H and O–H groups in total. The zero-order chi connectivity index (χ0) is 21.9. The Bertz CT molecular complexity index is 1180. The van der Waals surface area contributed by atoms with Gasteiger partial charge in [0, 0.05) is 12.1 Å². The van der Waals surface area contributed by atoms with E-state index in [4.69, 9.17) is 4.74 Å². The van der Waals surface area contributed by atoms with Crippen LogP contribution >= 0.6 is 11.8 Å². The Labute approximate surface area is 176 Å². The summed E-state index contributed by atoms with van der Waals surface area (Å²) in [5.41, 5.74) is 0.177. The molecule has 13 heteroatoms. The molecule has 0 saturated heterocycles. The van der Waals surface area contributed by atoms with Gasteiger partial charge in [0.15, 0.2) is 0 Å². The summed E-state index contributed by atoms with van der Waals surface area (Å²) in [6.07, 6.45) is 0. The van der Waals surface area contributed by atoms with Gasteiger partial charge in [-0.25, -0.2) is 13.1 Å². The Hall–Kier alpha value is -3.03. The molecule has 0 aliphatic rings. The molecule has 0 unspecified atom stereocenters. The van der Waals surface area contributed by atoms with E-state index in [1.165, 1.54) is 23.9 Å². The van der Waals surface area contributed by atoms with Crippen LogP contribution in [-0.4, -0.2) is 46.7 Å². The summed E-state index contributed by atoms with van der Waals surface area (Å²) in [4.78, 5) is 11.0. The third kappa shape index (κ3) is 4.58. The van der Waals surface area contributed by atoms with Crippen molar-refractivity contribution in [1.82, 2.24) is 24.9 Å². The first kappa shape index (κ1) is 21.7. The van der Waals surface area contributed by atoms with Gasteiger partial charge in [0.2, 0.25) is 15.2 Å². The number of para-hydroxylation sites is 2. The molecule has 1 heterocycles. The SMILES string of the molecule is COc1ccccc1-n1nnnc1Sc1ccc(S(=O)(=O)NC(C)C)cc1[N+](=O)[O-]. The molecule has 0 bridgehead atoms. The van der Waals surface area contributed by atoms with E-state index in [0.717, 1.165) is 17.8 Å². The van der Waals surface area contributed by atoms with E-state index in [2.05, 4.69) is 20.2 Å². The number of nitro benzene ring substituents is 1. The Kier molecular flexibility index (Phi) is 6.34. The molecule has 2 aromatic carbocycles. The van der Waals surface area contributed by atoms with E-state index >= 15 is 0 Å². The molecule has 0 atom stereocenters. The minimum Gasteiger partial charge on any atom is -0.494 e. The second kappa shape index (κ2) is 8.77. The molecule has 0 radical (unpaired) electrons. The highest BCUT2D eigenvalue weighted by molar-refractivity contribution is 7.99. The average molecular weight is 451 g/mol. The van der Waals surface area contributed by atoms with Gasteiger partial charge in [0.1, 0.15) is 11.4 Å². The Morgan fingerprint density at radius 2 is 1.97 bits per heavy atom. The van der Waals surface area contributed by atoms with Crippen molar-refractivity contribution >= 4 is 27.5 Å². The lowest BCUT2D eigenvalue weighted by Gasteiger charge is -2.11. The van der Waals surface area contributed by atoms with Gasteiger partial charge in [-0.15, -0.1) is 5.10 Å². The van der Waals surface area contributed by atoms with Crippen molar-refractivity contribution in [3.05, 3.63) is 52.6 Å². The third-order valence-electron chi connectivity index (χ3n) is 3.78. The van der Waals surface area contributed by atoms with Crippen molar-refractivity contribution in [2.45, 2.75) is 34.8 Å². The normalized spacial score (nSPS) is 11.6. The predicted molar refractivity (Wildman–Crippen MR) is 108 cm³/mol. The van der Waals surface area contributed by atoms with Crippen molar-refractivity contribution < 1.29 is 18.1 Å². The zero-order valence-electron chi connectivity index (χ0n) is 16.2. The summed E-state index contributed by atoms with van der Waals surface area (Å²) in [5.74, 6) is 0.516. The van der Waals surface area contributed by atoms with Gasteiger partial charge in [-0.05, 0) is 60.3 Å². The highest BCUT2D eigenvalue weighted by Crippen LogP contribution is 2.36. The Balaban J connectivity index is 2.01. The van der Waals surface area contributed by atoms with Gasteiger partial charge in [0.05, 0.1) is 21.8 Å². The molecule has 11 nitrogen and oxygen atoms in total. The molecular formula is C17H18N6O5S2. The summed E-state index contributed by atoms with van der Waals surface area (Å²) in [6, 6.07) is 10.4. The molecular weight excluding hydrogens is 432 g/mol. The number of aromatic nitrogens is 4. The van der Waals surface area contributed by atoms with Crippen LogP contribution in [0.3, 0.4) is 0 Å². The number of benzene rings is 2. The lowest BCUT2D eigenvalue weighted by molar-refractivity contribution is -0.388. The molecule has 1 aromatic heterocycles. The van der Waals surface area contributed by atoms with Crippen LogP contribution in [0.4, 0.5) is 5.69 Å². The van der Waals surface area contributed by atoms with Gasteiger partial charge < -0.3 is 4.74 Å². The van der Waals surface area contributed by atoms with Gasteiger partial charge >= 0.3 is 0 Å². The summed E-state index contributed by atoms with van der Waals surface area (Å²) < 4.78 is 33.8. The Morgan fingerprint density at radius 3 is 2.63 bits per heavy atom. The summed E-state index contributed by atoms with van der Waals surface area (Å²) >= 11 is 0.937. The van der Waals surface area contributed by atoms with Gasteiger partial charge in [-0.1, -0.05) is 12.1 Å². The van der Waals surface area contributed by atoms with Gasteiger partial charge in [-0.2, -0.15) is 4.68 Å². The lowest BCUT2D eigenvalue weighted by Crippen LogP contribution is -2.30. The number of nitro groups is 1. The summed E-state index contributed by atoms with van der Waals surface area (Å²) in [7, 11) is -2.38. The largest absolute Gasteiger partial charge is 0.494 e. The van der Waals surface area contributed by atoms with Crippen molar-refractivity contribution in [3.8, 4) is 11.4 Å². The molecule has 0 saturated carbocycles. The van der Waals surface area contributed by atoms with E-state index in [9.17, 15) is 18.5 Å². The number of nitrogens with zero attached hydrogens (tertiary/aromatic N) is 5. The Morgan fingerprint density at radius 1 is 1.23 bits per heavy atom. The molecule has 0 amide bonds. The highest BCUT2D eigenvalue weighted by Gasteiger charge is 2.24. The number of sulfonamides is 1. The number of nitrogens with one attached hydrogen (secondary N) is 1. The second-order valence-corrected chi connectivity index (χ2v) is 9.03. The first-order chi connectivity index (χ1) is 14.2. The number of hydrogen-bond acceptors (Lipinski definition) is 9. The van der Waals surface area contributed by atoms with Crippen LogP contribution in [0.1, 0.15) is 13.8 Å². The first-order valence-electron chi connectivity index (χ1n) is 8.63. The van der Waals surface area contributed by atoms with Crippen LogP contribution < -0.4 is 9.46 Å². The van der Waals surface area contributed by atoms with E-state index in [1.54, 1.807) is 38.1 Å².